The van der Waals surface area contributed by atoms with Gasteiger partial charge in [-0.25, -0.2) is 4.79 Å². The van der Waals surface area contributed by atoms with Crippen molar-refractivity contribution >= 4 is 23.3 Å². The van der Waals surface area contributed by atoms with E-state index in [0.717, 1.165) is 12.1 Å². The molecule has 2 aromatic rings. The molecule has 9 heteroatoms. The molecular formula is C13H12ClF3N4O. The molecule has 0 aliphatic carbocycles. The summed E-state index contributed by atoms with van der Waals surface area (Å²) < 4.78 is 39.2. The quantitative estimate of drug-likeness (QED) is 0.901. The minimum absolute atomic E-state index is 0.0643. The number of nitrogens with zero attached hydrogens (tertiary/aromatic N) is 2. The van der Waals surface area contributed by atoms with Gasteiger partial charge >= 0.3 is 12.2 Å². The molecule has 2 amide bonds. The van der Waals surface area contributed by atoms with Gasteiger partial charge in [0.2, 0.25) is 0 Å². The summed E-state index contributed by atoms with van der Waals surface area (Å²) in [5.41, 5.74) is -0.758. The van der Waals surface area contributed by atoms with Crippen LogP contribution in [0.25, 0.3) is 0 Å². The lowest BCUT2D eigenvalue weighted by atomic mass is 10.2. The number of carbonyl (C=O) groups excluding carboxylic acids is 1. The first kappa shape index (κ1) is 16.2. The van der Waals surface area contributed by atoms with Crippen molar-refractivity contribution < 1.29 is 18.0 Å². The van der Waals surface area contributed by atoms with Gasteiger partial charge in [-0.05, 0) is 18.2 Å². The van der Waals surface area contributed by atoms with Gasteiger partial charge in [0.25, 0.3) is 0 Å². The Hall–Kier alpha value is -2.22. The summed E-state index contributed by atoms with van der Waals surface area (Å²) in [4.78, 5) is 11.6. The molecule has 5 nitrogen and oxygen atoms in total. The molecule has 0 aliphatic heterocycles. The molecule has 0 fully saturated rings. The van der Waals surface area contributed by atoms with Crippen LogP contribution in [-0.4, -0.2) is 22.4 Å². The highest BCUT2D eigenvalue weighted by Crippen LogP contribution is 2.30. The van der Waals surface area contributed by atoms with Crippen molar-refractivity contribution in [2.75, 3.05) is 11.9 Å². The van der Waals surface area contributed by atoms with Crippen molar-refractivity contribution in [3.63, 3.8) is 0 Å². The third-order valence-electron chi connectivity index (χ3n) is 2.68. The lowest BCUT2D eigenvalue weighted by Gasteiger charge is -2.10. The lowest BCUT2D eigenvalue weighted by Crippen LogP contribution is -2.31. The molecule has 2 rings (SSSR count). The number of anilines is 1. The van der Waals surface area contributed by atoms with Crippen LogP contribution in [0.3, 0.4) is 0 Å². The van der Waals surface area contributed by atoms with Gasteiger partial charge in [-0.15, -0.1) is 0 Å². The van der Waals surface area contributed by atoms with Gasteiger partial charge in [0.15, 0.2) is 0 Å². The average molecular weight is 333 g/mol. The summed E-state index contributed by atoms with van der Waals surface area (Å²) in [6.45, 7) is 0.644. The number of aromatic nitrogens is 2. The van der Waals surface area contributed by atoms with E-state index in [4.69, 9.17) is 11.6 Å². The van der Waals surface area contributed by atoms with E-state index in [9.17, 15) is 18.0 Å². The van der Waals surface area contributed by atoms with Gasteiger partial charge in [0, 0.05) is 18.4 Å². The Morgan fingerprint density at radius 2 is 2.14 bits per heavy atom. The Kier molecular flexibility index (Phi) is 4.92. The fraction of sp³-hybridized carbons (Fsp3) is 0.231. The zero-order valence-corrected chi connectivity index (χ0v) is 11.9. The van der Waals surface area contributed by atoms with Crippen LogP contribution in [0.1, 0.15) is 5.56 Å². The molecule has 1 heterocycles. The van der Waals surface area contributed by atoms with Gasteiger partial charge in [-0.3, -0.25) is 4.68 Å². The van der Waals surface area contributed by atoms with Crippen LogP contribution in [0.2, 0.25) is 5.02 Å². The maximum Gasteiger partial charge on any atom is 0.416 e. The SMILES string of the molecule is O=C(NCCn1cc(Cl)cn1)Nc1cccc(C(F)(F)F)c1. The first-order valence-electron chi connectivity index (χ1n) is 6.24. The number of hydrogen-bond donors (Lipinski definition) is 2. The van der Waals surface area contributed by atoms with Crippen molar-refractivity contribution in [1.82, 2.24) is 15.1 Å². The Bertz CT molecular complexity index is 657. The van der Waals surface area contributed by atoms with E-state index in [1.807, 2.05) is 0 Å². The normalized spacial score (nSPS) is 11.3. The van der Waals surface area contributed by atoms with Crippen LogP contribution in [0, 0.1) is 0 Å². The zero-order chi connectivity index (χ0) is 16.2. The summed E-state index contributed by atoms with van der Waals surface area (Å²) in [7, 11) is 0. The molecule has 0 aliphatic rings. The molecule has 1 aromatic heterocycles. The summed E-state index contributed by atoms with van der Waals surface area (Å²) in [6, 6.07) is 3.81. The summed E-state index contributed by atoms with van der Waals surface area (Å²) in [5.74, 6) is 0. The maximum atomic E-state index is 12.5. The van der Waals surface area contributed by atoms with Gasteiger partial charge < -0.3 is 10.6 Å². The predicted molar refractivity (Wildman–Crippen MR) is 75.7 cm³/mol. The van der Waals surface area contributed by atoms with Gasteiger partial charge in [0.05, 0.1) is 23.3 Å². The third-order valence-corrected chi connectivity index (χ3v) is 2.87. The topological polar surface area (TPSA) is 59.0 Å². The van der Waals surface area contributed by atoms with Gasteiger partial charge in [0.1, 0.15) is 0 Å². The molecule has 1 aromatic carbocycles. The van der Waals surface area contributed by atoms with E-state index in [-0.39, 0.29) is 12.2 Å². The highest BCUT2D eigenvalue weighted by atomic mass is 35.5. The fourth-order valence-corrected chi connectivity index (χ4v) is 1.85. The third kappa shape index (κ3) is 4.66. The van der Waals surface area contributed by atoms with Crippen LogP contribution in [0.5, 0.6) is 0 Å². The van der Waals surface area contributed by atoms with Crippen LogP contribution in [0.15, 0.2) is 36.7 Å². The number of amides is 2. The van der Waals surface area contributed by atoms with Gasteiger partial charge in [-0.1, -0.05) is 17.7 Å². The van der Waals surface area contributed by atoms with Crippen molar-refractivity contribution in [1.29, 1.82) is 0 Å². The van der Waals surface area contributed by atoms with E-state index < -0.39 is 17.8 Å². The maximum absolute atomic E-state index is 12.5. The minimum Gasteiger partial charge on any atom is -0.336 e. The second kappa shape index (κ2) is 6.69. The summed E-state index contributed by atoms with van der Waals surface area (Å²) >= 11 is 5.69. The number of carbonyl (C=O) groups is 1. The molecule has 0 bridgehead atoms. The summed E-state index contributed by atoms with van der Waals surface area (Å²) in [5, 5.41) is 9.26. The largest absolute Gasteiger partial charge is 0.416 e. The van der Waals surface area contributed by atoms with Crippen molar-refractivity contribution in [3.8, 4) is 0 Å². The Labute approximate surface area is 129 Å². The number of benzene rings is 1. The number of rotatable bonds is 4. The minimum atomic E-state index is -4.45. The monoisotopic (exact) mass is 332 g/mol. The number of urea groups is 1. The first-order valence-corrected chi connectivity index (χ1v) is 6.62. The molecule has 0 atom stereocenters. The van der Waals surface area contributed by atoms with Crippen LogP contribution < -0.4 is 10.6 Å². The van der Waals surface area contributed by atoms with Gasteiger partial charge in [-0.2, -0.15) is 18.3 Å². The van der Waals surface area contributed by atoms with E-state index >= 15 is 0 Å². The average Bonchev–Trinajstić information content (AvgIpc) is 2.84. The molecule has 118 valence electrons. The molecule has 0 spiro atoms. The second-order valence-electron chi connectivity index (χ2n) is 4.38. The number of hydrogen-bond acceptors (Lipinski definition) is 2. The Morgan fingerprint density at radius 1 is 1.36 bits per heavy atom. The van der Waals surface area contributed by atoms with E-state index in [0.29, 0.717) is 11.6 Å². The molecule has 2 N–H and O–H groups in total. The van der Waals surface area contributed by atoms with E-state index in [1.54, 1.807) is 6.20 Å². The van der Waals surface area contributed by atoms with Crippen LogP contribution >= 0.6 is 11.6 Å². The molecular weight excluding hydrogens is 321 g/mol. The fourth-order valence-electron chi connectivity index (χ4n) is 1.69. The van der Waals surface area contributed by atoms with E-state index in [1.165, 1.54) is 23.0 Å². The number of alkyl halides is 3. The van der Waals surface area contributed by atoms with Crippen LogP contribution in [0.4, 0.5) is 23.7 Å². The molecule has 0 unspecified atom stereocenters. The van der Waals surface area contributed by atoms with Crippen molar-refractivity contribution in [3.05, 3.63) is 47.2 Å². The number of halogens is 4. The van der Waals surface area contributed by atoms with Crippen LogP contribution in [-0.2, 0) is 12.7 Å². The molecule has 0 saturated carbocycles. The lowest BCUT2D eigenvalue weighted by molar-refractivity contribution is -0.137. The standard InChI is InChI=1S/C13H12ClF3N4O/c14-10-7-19-21(8-10)5-4-18-12(22)20-11-3-1-2-9(6-11)13(15,16)17/h1-3,6-8H,4-5H2,(H2,18,20,22). The van der Waals surface area contributed by atoms with E-state index in [2.05, 4.69) is 15.7 Å². The molecule has 22 heavy (non-hydrogen) atoms. The highest BCUT2D eigenvalue weighted by Gasteiger charge is 2.30. The smallest absolute Gasteiger partial charge is 0.336 e. The molecule has 0 saturated heterocycles. The Balaban J connectivity index is 1.84. The first-order chi connectivity index (χ1) is 10.3. The molecule has 0 radical (unpaired) electrons. The predicted octanol–water partition coefficient (Wildman–Crippen LogP) is 3.38. The second-order valence-corrected chi connectivity index (χ2v) is 4.82. The van der Waals surface area contributed by atoms with Crippen molar-refractivity contribution in [2.24, 2.45) is 0 Å². The van der Waals surface area contributed by atoms with Crippen molar-refractivity contribution in [2.45, 2.75) is 12.7 Å². The summed E-state index contributed by atoms with van der Waals surface area (Å²) in [6.07, 6.45) is -1.40. The zero-order valence-electron chi connectivity index (χ0n) is 11.2. The highest BCUT2D eigenvalue weighted by molar-refractivity contribution is 6.30. The number of nitrogens with one attached hydrogen (secondary N) is 2. The Morgan fingerprint density at radius 3 is 2.77 bits per heavy atom.